The van der Waals surface area contributed by atoms with Gasteiger partial charge in [0.2, 0.25) is 0 Å². The highest BCUT2D eigenvalue weighted by Crippen LogP contribution is 2.16. The highest BCUT2D eigenvalue weighted by Gasteiger charge is 2.18. The Labute approximate surface area is 171 Å². The van der Waals surface area contributed by atoms with Crippen molar-refractivity contribution in [2.45, 2.75) is 23.8 Å². The molecule has 1 fully saturated rings. The third-order valence-electron chi connectivity index (χ3n) is 3.99. The van der Waals surface area contributed by atoms with Crippen LogP contribution in [0.3, 0.4) is 0 Å². The van der Waals surface area contributed by atoms with Crippen molar-refractivity contribution in [3.05, 3.63) is 54.4 Å². The Morgan fingerprint density at radius 1 is 1.07 bits per heavy atom. The minimum Gasteiger partial charge on any atom is -0.348 e. The van der Waals surface area contributed by atoms with Crippen LogP contribution in [0.1, 0.15) is 23.2 Å². The number of hydrogen-bond acceptors (Lipinski definition) is 5. The molecule has 3 rings (SSSR count). The van der Waals surface area contributed by atoms with E-state index in [-0.39, 0.29) is 41.7 Å². The first-order chi connectivity index (χ1) is 12.0. The van der Waals surface area contributed by atoms with E-state index in [4.69, 9.17) is 0 Å². The Bertz CT molecular complexity index is 827. The predicted octanol–water partition coefficient (Wildman–Crippen LogP) is 2.21. The number of carbonyl (C=O) groups is 1. The summed E-state index contributed by atoms with van der Waals surface area (Å²) < 4.78 is 27.2. The molecule has 1 aromatic carbocycles. The van der Waals surface area contributed by atoms with E-state index in [0.29, 0.717) is 11.3 Å². The number of anilines is 1. The average molecular weight is 433 g/mol. The fourth-order valence-electron chi connectivity index (χ4n) is 2.66. The number of benzene rings is 1. The molecule has 1 aliphatic rings. The Morgan fingerprint density at radius 3 is 2.33 bits per heavy atom. The number of rotatable bonds is 5. The molecule has 0 aliphatic carbocycles. The highest BCUT2D eigenvalue weighted by molar-refractivity contribution is 7.92. The molecule has 2 heterocycles. The molecule has 148 valence electrons. The van der Waals surface area contributed by atoms with Crippen molar-refractivity contribution in [2.24, 2.45) is 0 Å². The van der Waals surface area contributed by atoms with E-state index in [1.54, 1.807) is 12.1 Å². The van der Waals surface area contributed by atoms with Crippen LogP contribution in [0, 0.1) is 0 Å². The lowest BCUT2D eigenvalue weighted by Gasteiger charge is -2.23. The van der Waals surface area contributed by atoms with E-state index in [0.717, 1.165) is 25.9 Å². The van der Waals surface area contributed by atoms with E-state index < -0.39 is 10.0 Å². The van der Waals surface area contributed by atoms with Gasteiger partial charge in [0.05, 0.1) is 10.6 Å². The molecule has 2 aromatic rings. The predicted molar refractivity (Wildman–Crippen MR) is 109 cm³/mol. The molecule has 7 nitrogen and oxygen atoms in total. The molecule has 0 spiro atoms. The number of aromatic nitrogens is 1. The summed E-state index contributed by atoms with van der Waals surface area (Å²) in [6.45, 7) is 1.73. The summed E-state index contributed by atoms with van der Waals surface area (Å²) in [7, 11) is -3.70. The molecule has 1 unspecified atom stereocenters. The van der Waals surface area contributed by atoms with E-state index >= 15 is 0 Å². The van der Waals surface area contributed by atoms with Gasteiger partial charge >= 0.3 is 0 Å². The van der Waals surface area contributed by atoms with E-state index in [1.807, 2.05) is 0 Å². The van der Waals surface area contributed by atoms with Crippen molar-refractivity contribution in [1.82, 2.24) is 15.6 Å². The van der Waals surface area contributed by atoms with Crippen molar-refractivity contribution in [3.63, 3.8) is 0 Å². The third-order valence-corrected chi connectivity index (χ3v) is 5.39. The zero-order chi connectivity index (χ0) is 17.7. The Kier molecular flexibility index (Phi) is 8.98. The van der Waals surface area contributed by atoms with Gasteiger partial charge in [0, 0.05) is 30.5 Å². The molecule has 0 saturated carbocycles. The second-order valence-electron chi connectivity index (χ2n) is 5.88. The summed E-state index contributed by atoms with van der Waals surface area (Å²) in [4.78, 5) is 16.2. The molecule has 1 aliphatic heterocycles. The van der Waals surface area contributed by atoms with Crippen molar-refractivity contribution in [1.29, 1.82) is 0 Å². The molecule has 1 amide bonds. The number of sulfonamides is 1. The zero-order valence-corrected chi connectivity index (χ0v) is 16.9. The molecule has 1 saturated heterocycles. The first-order valence-electron chi connectivity index (χ1n) is 8.09. The van der Waals surface area contributed by atoms with Gasteiger partial charge in [-0.15, -0.1) is 24.8 Å². The lowest BCUT2D eigenvalue weighted by molar-refractivity contribution is 0.0930. The van der Waals surface area contributed by atoms with Crippen LogP contribution in [-0.4, -0.2) is 38.4 Å². The van der Waals surface area contributed by atoms with Gasteiger partial charge < -0.3 is 10.6 Å². The molecule has 1 aromatic heterocycles. The largest absolute Gasteiger partial charge is 0.348 e. The van der Waals surface area contributed by atoms with Crippen LogP contribution in [-0.2, 0) is 10.0 Å². The maximum Gasteiger partial charge on any atom is 0.261 e. The molecule has 0 radical (unpaired) electrons. The molecule has 27 heavy (non-hydrogen) atoms. The SMILES string of the molecule is Cl.Cl.O=C(NC1CCCNC1)c1ccc(S(=O)(=O)Nc2ccncc2)cc1. The van der Waals surface area contributed by atoms with Crippen molar-refractivity contribution in [2.75, 3.05) is 17.8 Å². The molecule has 0 bridgehead atoms. The van der Waals surface area contributed by atoms with Gasteiger partial charge in [-0.05, 0) is 55.8 Å². The van der Waals surface area contributed by atoms with Crippen LogP contribution in [0.15, 0.2) is 53.7 Å². The number of amides is 1. The Morgan fingerprint density at radius 2 is 1.74 bits per heavy atom. The topological polar surface area (TPSA) is 100 Å². The minimum absolute atomic E-state index is 0. The number of piperidine rings is 1. The Balaban J connectivity index is 0.00000182. The summed E-state index contributed by atoms with van der Waals surface area (Å²) in [6, 6.07) is 9.14. The normalized spacial score (nSPS) is 16.4. The Hall–Kier alpha value is -1.87. The van der Waals surface area contributed by atoms with Gasteiger partial charge in [-0.1, -0.05) is 0 Å². The number of nitrogens with zero attached hydrogens (tertiary/aromatic N) is 1. The number of halogens is 2. The lowest BCUT2D eigenvalue weighted by atomic mass is 10.1. The van der Waals surface area contributed by atoms with Crippen LogP contribution < -0.4 is 15.4 Å². The van der Waals surface area contributed by atoms with E-state index in [1.165, 1.54) is 36.7 Å². The minimum atomic E-state index is -3.70. The third kappa shape index (κ3) is 6.35. The van der Waals surface area contributed by atoms with Crippen LogP contribution in [0.25, 0.3) is 0 Å². The summed E-state index contributed by atoms with van der Waals surface area (Å²) >= 11 is 0. The quantitative estimate of drug-likeness (QED) is 0.672. The number of hydrogen-bond donors (Lipinski definition) is 3. The molecular weight excluding hydrogens is 411 g/mol. The van der Waals surface area contributed by atoms with Gasteiger partial charge in [0.25, 0.3) is 15.9 Å². The summed E-state index contributed by atoms with van der Waals surface area (Å²) in [5.41, 5.74) is 0.870. The molecule has 10 heteroatoms. The van der Waals surface area contributed by atoms with Crippen molar-refractivity contribution < 1.29 is 13.2 Å². The average Bonchev–Trinajstić information content (AvgIpc) is 2.63. The zero-order valence-electron chi connectivity index (χ0n) is 14.4. The maximum absolute atomic E-state index is 12.4. The van der Waals surface area contributed by atoms with Crippen LogP contribution in [0.2, 0.25) is 0 Å². The molecular formula is C17H22Cl2N4O3S. The van der Waals surface area contributed by atoms with Crippen LogP contribution >= 0.6 is 24.8 Å². The fraction of sp³-hybridized carbons (Fsp3) is 0.294. The second-order valence-corrected chi connectivity index (χ2v) is 7.56. The number of pyridine rings is 1. The number of nitrogens with one attached hydrogen (secondary N) is 3. The van der Waals surface area contributed by atoms with Gasteiger partial charge in [0.15, 0.2) is 0 Å². The number of carbonyl (C=O) groups excluding carboxylic acids is 1. The van der Waals surface area contributed by atoms with Gasteiger partial charge in [0.1, 0.15) is 0 Å². The van der Waals surface area contributed by atoms with E-state index in [9.17, 15) is 13.2 Å². The molecule has 1 atom stereocenters. The molecule has 3 N–H and O–H groups in total. The van der Waals surface area contributed by atoms with Crippen molar-refractivity contribution >= 4 is 46.4 Å². The standard InChI is InChI=1S/C17H20N4O3S.2ClH/c22-17(20-15-2-1-9-19-12-15)13-3-5-16(6-4-13)25(23,24)21-14-7-10-18-11-8-14;;/h3-8,10-11,15,19H,1-2,9,12H2,(H,18,21)(H,20,22);2*1H. The summed E-state index contributed by atoms with van der Waals surface area (Å²) in [6.07, 6.45) is 4.99. The highest BCUT2D eigenvalue weighted by atomic mass is 35.5. The van der Waals surface area contributed by atoms with Crippen LogP contribution in [0.4, 0.5) is 5.69 Å². The first-order valence-corrected chi connectivity index (χ1v) is 9.57. The summed E-state index contributed by atoms with van der Waals surface area (Å²) in [5, 5.41) is 6.20. The maximum atomic E-state index is 12.4. The smallest absolute Gasteiger partial charge is 0.261 e. The van der Waals surface area contributed by atoms with Gasteiger partial charge in [-0.3, -0.25) is 14.5 Å². The van der Waals surface area contributed by atoms with E-state index in [2.05, 4.69) is 20.3 Å². The lowest BCUT2D eigenvalue weighted by Crippen LogP contribution is -2.45. The summed E-state index contributed by atoms with van der Waals surface area (Å²) in [5.74, 6) is -0.195. The van der Waals surface area contributed by atoms with Crippen LogP contribution in [0.5, 0.6) is 0 Å². The fourth-order valence-corrected chi connectivity index (χ4v) is 3.72. The first kappa shape index (κ1) is 23.2. The van der Waals surface area contributed by atoms with Gasteiger partial charge in [-0.25, -0.2) is 8.42 Å². The monoisotopic (exact) mass is 432 g/mol. The van der Waals surface area contributed by atoms with Crippen molar-refractivity contribution in [3.8, 4) is 0 Å². The second kappa shape index (κ2) is 10.5. The van der Waals surface area contributed by atoms with Gasteiger partial charge in [-0.2, -0.15) is 0 Å².